The SMILES string of the molecule is COc1cc([C@@H](OCc2cn([C@H]3CC(O)[C@@H](COP(=O)(O)OP(=O)(O)OP(=O)(O)O)O3)c3nccc(N)c23)C(C)(C)C)c([N+](=O)[O-])cc1C#CCCC(=O)c1ccc(-c2c3ccc(=N)c(S(=O)(=O)O)c-3oc3c(S(=O)(=O)O)c(N)ccc23)c(OC=O)c1. The predicted molar refractivity (Wildman–Crippen MR) is 300 cm³/mol. The summed E-state index contributed by atoms with van der Waals surface area (Å²) in [5, 5.41) is 31.4. The molecule has 0 spiro atoms. The van der Waals surface area contributed by atoms with Crippen LogP contribution < -0.4 is 26.3 Å². The Balaban J connectivity index is 1.03. The Bertz CT molecular complexity index is 4440. The third-order valence-electron chi connectivity index (χ3n) is 13.1. The van der Waals surface area contributed by atoms with Crippen molar-refractivity contribution < 1.29 is 115 Å². The number of nitrogens with zero attached hydrogens (tertiary/aromatic N) is 3. The number of anilines is 2. The minimum atomic E-state index is -5.84. The molecule has 0 amide bonds. The first-order valence-corrected chi connectivity index (χ1v) is 32.3. The van der Waals surface area contributed by atoms with Crippen LogP contribution in [0.4, 0.5) is 17.1 Å². The number of hydrogen-bond donors (Lipinski definition) is 10. The predicted octanol–water partition coefficient (Wildman–Crippen LogP) is 6.45. The fourth-order valence-electron chi connectivity index (χ4n) is 9.64. The third kappa shape index (κ3) is 14.5. The molecule has 87 heavy (non-hydrogen) atoms. The average Bonchev–Trinajstić information content (AvgIpc) is 1.31. The zero-order chi connectivity index (χ0) is 64.1. The van der Waals surface area contributed by atoms with Gasteiger partial charge in [0.2, 0.25) is 0 Å². The van der Waals surface area contributed by atoms with Gasteiger partial charge in [-0.2, -0.15) is 25.5 Å². The zero-order valence-electron chi connectivity index (χ0n) is 45.4. The largest absolute Gasteiger partial charge is 0.495 e. The number of nitrogens with two attached hydrogens (primary N) is 2. The summed E-state index contributed by atoms with van der Waals surface area (Å²) in [6.07, 6.45) is -2.70. The van der Waals surface area contributed by atoms with Gasteiger partial charge in [-0.05, 0) is 53.9 Å². The fourth-order valence-corrected chi connectivity index (χ4v) is 14.2. The molecule has 2 aliphatic heterocycles. The average molecular weight is 1310 g/mol. The van der Waals surface area contributed by atoms with E-state index in [4.69, 9.17) is 50.0 Å². The Morgan fingerprint density at radius 2 is 1.64 bits per heavy atom. The number of phosphoric ester groups is 1. The molecule has 6 atom stereocenters. The minimum absolute atomic E-state index is 0.00938. The van der Waals surface area contributed by atoms with E-state index in [0.717, 1.165) is 18.2 Å². The highest BCUT2D eigenvalue weighted by atomic mass is 32.2. The number of nitrogens with one attached hydrogen (secondary N) is 1. The highest BCUT2D eigenvalue weighted by molar-refractivity contribution is 7.86. The van der Waals surface area contributed by atoms with E-state index < -0.39 is 129 Å². The molecule has 1 fully saturated rings. The van der Waals surface area contributed by atoms with E-state index >= 15 is 0 Å². The van der Waals surface area contributed by atoms with Crippen LogP contribution in [0.15, 0.2) is 87.3 Å². The second-order valence-corrected chi connectivity index (χ2v) is 27.3. The van der Waals surface area contributed by atoms with Gasteiger partial charge in [-0.15, -0.1) is 0 Å². The molecule has 2 aromatic heterocycles. The van der Waals surface area contributed by atoms with Gasteiger partial charge in [0.15, 0.2) is 26.9 Å². The summed E-state index contributed by atoms with van der Waals surface area (Å²) in [6, 6.07) is 12.3. The number of ketones is 1. The Hall–Kier alpha value is -7.35. The summed E-state index contributed by atoms with van der Waals surface area (Å²) in [6.45, 7) is 4.05. The van der Waals surface area contributed by atoms with Crippen LogP contribution in [-0.2, 0) is 68.0 Å². The molecule has 3 aliphatic rings. The number of fused-ring (bicyclic) bond motifs is 3. The van der Waals surface area contributed by atoms with Crippen molar-refractivity contribution in [3.05, 3.63) is 111 Å². The van der Waals surface area contributed by atoms with Crippen LogP contribution in [0.5, 0.6) is 11.5 Å². The van der Waals surface area contributed by atoms with Crippen LogP contribution in [0.1, 0.15) is 79.4 Å². The summed E-state index contributed by atoms with van der Waals surface area (Å²) >= 11 is 0. The second kappa shape index (κ2) is 24.7. The van der Waals surface area contributed by atoms with Crippen molar-refractivity contribution in [2.45, 2.75) is 81.0 Å². The van der Waals surface area contributed by atoms with Gasteiger partial charge in [-0.3, -0.25) is 38.7 Å². The summed E-state index contributed by atoms with van der Waals surface area (Å²) in [7, 11) is -26.3. The lowest BCUT2D eigenvalue weighted by molar-refractivity contribution is -0.386. The first-order valence-electron chi connectivity index (χ1n) is 24.9. The number of pyridine rings is 1. The molecule has 464 valence electrons. The molecule has 0 saturated carbocycles. The van der Waals surface area contributed by atoms with E-state index in [-0.39, 0.29) is 93.9 Å². The first-order chi connectivity index (χ1) is 40.4. The van der Waals surface area contributed by atoms with Gasteiger partial charge in [-0.25, -0.2) is 18.7 Å². The topological polar surface area (TPSA) is 510 Å². The number of Topliss-reactive ketones (excluding diaryl/α,β-unsaturated/α-hetero) is 1. The highest BCUT2D eigenvalue weighted by Gasteiger charge is 2.44. The van der Waals surface area contributed by atoms with E-state index in [1.165, 1.54) is 66.5 Å². The van der Waals surface area contributed by atoms with Crippen LogP contribution in [-0.4, -0.2) is 103 Å². The number of nitro benzene ring substituents is 1. The number of carbonyl (C=O) groups is 2. The molecule has 32 nitrogen and oxygen atoms in total. The van der Waals surface area contributed by atoms with Crippen LogP contribution in [0.2, 0.25) is 0 Å². The number of benzene rings is 4. The molecule has 1 aliphatic carbocycles. The first kappa shape index (κ1) is 65.6. The Morgan fingerprint density at radius 1 is 0.954 bits per heavy atom. The van der Waals surface area contributed by atoms with Crippen molar-refractivity contribution in [2.75, 3.05) is 25.2 Å². The molecule has 37 heteroatoms. The molecule has 5 aromatic rings. The van der Waals surface area contributed by atoms with Crippen molar-refractivity contribution in [3.63, 3.8) is 0 Å². The van der Waals surface area contributed by atoms with Crippen LogP contribution in [0.3, 0.4) is 0 Å². The monoisotopic (exact) mass is 1310 g/mol. The third-order valence-corrected chi connectivity index (χ3v) is 18.8. The molecule has 0 radical (unpaired) electrons. The lowest BCUT2D eigenvalue weighted by Crippen LogP contribution is -2.26. The van der Waals surface area contributed by atoms with Crippen molar-refractivity contribution in [3.8, 4) is 45.8 Å². The number of nitro groups is 1. The second-order valence-electron chi connectivity index (χ2n) is 20.2. The van der Waals surface area contributed by atoms with Crippen molar-refractivity contribution >= 4 is 95.0 Å². The number of phosphoric acid groups is 3. The maximum Gasteiger partial charge on any atom is 0.490 e. The van der Waals surface area contributed by atoms with Crippen molar-refractivity contribution in [2.24, 2.45) is 5.41 Å². The van der Waals surface area contributed by atoms with E-state index in [0.29, 0.717) is 10.9 Å². The molecular weight excluding hydrogens is 1260 g/mol. The van der Waals surface area contributed by atoms with Gasteiger partial charge >= 0.3 is 23.5 Å². The number of ether oxygens (including phenoxy) is 4. The number of aliphatic hydroxyl groups excluding tert-OH is 1. The van der Waals surface area contributed by atoms with Crippen LogP contribution in [0.25, 0.3) is 44.5 Å². The van der Waals surface area contributed by atoms with Crippen LogP contribution >= 0.6 is 23.5 Å². The lowest BCUT2D eigenvalue weighted by atomic mass is 9.83. The molecule has 4 heterocycles. The molecule has 8 rings (SSSR count). The summed E-state index contributed by atoms with van der Waals surface area (Å²) in [4.78, 5) is 77.4. The standard InChI is InChI=1S/C50H51N6O26P3S2/c1-50(2,3)48(76-22-27-21-55(49-42(27)32(51)15-16-54-49)41-20-37(59)40(79-41)23-78-84(65,66)82-85(67,68)81-83(62,63)64)31-19-38(75-4)26(17-35(31)56(60)61)7-5-6-8-36(58)25-9-10-28(39(18-25)77-24-57)43-29-11-13-33(52)46(86(69,70)71)44(29)80-45-30(43)12-14-34(53)47(45)87(72,73)74/h9-19,21,24,37,40-41,48,52,59H,6,8,20,22-23,53H2,1-4H3,(H2,51,54)(H,65,66)(H,67,68)(H2,62,63,64)(H,69,70,71)(H,72,73,74)/t37?,40-,41-,48-/m1/s1. The van der Waals surface area contributed by atoms with E-state index in [1.54, 1.807) is 20.8 Å². The zero-order valence-corrected chi connectivity index (χ0v) is 49.7. The van der Waals surface area contributed by atoms with Gasteiger partial charge in [-0.1, -0.05) is 38.7 Å². The van der Waals surface area contributed by atoms with E-state index in [2.05, 4.69) is 30.0 Å². The number of aromatic nitrogens is 2. The Kier molecular flexibility index (Phi) is 18.6. The van der Waals surface area contributed by atoms with Crippen molar-refractivity contribution in [1.82, 2.24) is 9.55 Å². The number of hydrogen-bond acceptors (Lipinski definition) is 24. The fraction of sp³-hybridized carbons (Fsp3) is 0.280. The number of methoxy groups -OCH3 is 1. The Morgan fingerprint density at radius 3 is 2.28 bits per heavy atom. The summed E-state index contributed by atoms with van der Waals surface area (Å²) in [5.41, 5.74) is 10.3. The molecule has 12 N–H and O–H groups in total. The van der Waals surface area contributed by atoms with E-state index in [1.807, 2.05) is 0 Å². The summed E-state index contributed by atoms with van der Waals surface area (Å²) < 4.78 is 149. The van der Waals surface area contributed by atoms with E-state index in [9.17, 15) is 74.2 Å². The van der Waals surface area contributed by atoms with Gasteiger partial charge in [0, 0.05) is 82.0 Å². The van der Waals surface area contributed by atoms with Gasteiger partial charge in [0.1, 0.15) is 29.5 Å². The highest BCUT2D eigenvalue weighted by Crippen LogP contribution is 2.66. The molecular formula is C50H51N6O26P3S2. The van der Waals surface area contributed by atoms with Gasteiger partial charge < -0.3 is 64.1 Å². The molecule has 0 bridgehead atoms. The smallest absolute Gasteiger partial charge is 0.490 e. The molecule has 1 saturated heterocycles. The maximum atomic E-state index is 13.8. The normalized spacial score (nSPS) is 17.5. The number of carbonyl (C=O) groups excluding carboxylic acids is 2. The lowest BCUT2D eigenvalue weighted by Gasteiger charge is -2.31. The quantitative estimate of drug-likeness (QED) is 0.00401. The van der Waals surface area contributed by atoms with Crippen molar-refractivity contribution in [1.29, 1.82) is 5.41 Å². The number of rotatable bonds is 22. The van der Waals surface area contributed by atoms with Gasteiger partial charge in [0.25, 0.3) is 32.4 Å². The maximum absolute atomic E-state index is 13.8. The molecule has 3 unspecified atom stereocenters. The van der Waals surface area contributed by atoms with Crippen LogP contribution in [0, 0.1) is 32.8 Å². The summed E-state index contributed by atoms with van der Waals surface area (Å²) in [5.74, 6) is 4.06. The number of aliphatic hydroxyl groups is 1. The Labute approximate surface area is 491 Å². The van der Waals surface area contributed by atoms with Gasteiger partial charge in [0.05, 0.1) is 59.6 Å². The molecule has 3 aromatic carbocycles. The minimum Gasteiger partial charge on any atom is -0.495 e. The number of nitrogen functional groups attached to an aromatic ring is 2.